The molecule has 0 bridgehead atoms. The number of carbonyl (C=O) groups excluding carboxylic acids is 1. The summed E-state index contributed by atoms with van der Waals surface area (Å²) in [5.41, 5.74) is 4.55. The van der Waals surface area contributed by atoms with Crippen molar-refractivity contribution in [1.82, 2.24) is 16.2 Å². The van der Waals surface area contributed by atoms with Crippen LogP contribution in [0.25, 0.3) is 10.8 Å². The summed E-state index contributed by atoms with van der Waals surface area (Å²) in [5, 5.41) is 3.92. The van der Waals surface area contributed by atoms with Crippen molar-refractivity contribution in [2.24, 2.45) is 0 Å². The molecule has 0 aliphatic carbocycles. The maximum Gasteiger partial charge on any atom is 0.407 e. The van der Waals surface area contributed by atoms with Crippen molar-refractivity contribution in [3.05, 3.63) is 42.5 Å². The average molecular weight is 415 g/mol. The minimum atomic E-state index is -4.55. The molecule has 1 amide bonds. The first kappa shape index (κ1) is 20.6. The first-order chi connectivity index (χ1) is 13.1. The highest BCUT2D eigenvalue weighted by molar-refractivity contribution is 7.91. The van der Waals surface area contributed by atoms with Gasteiger partial charge >= 0.3 is 6.18 Å². The van der Waals surface area contributed by atoms with Crippen LogP contribution in [0.1, 0.15) is 13.3 Å². The van der Waals surface area contributed by atoms with Gasteiger partial charge in [0.25, 0.3) is 0 Å². The number of sulfone groups is 1. The van der Waals surface area contributed by atoms with Gasteiger partial charge in [-0.3, -0.25) is 10.2 Å². The fourth-order valence-electron chi connectivity index (χ4n) is 3.15. The SMILES string of the molecule is CC1NNC(C(F)(F)F)C1NC(=O)CCS(=O)(=O)c1ccc2ccccc2c1. The van der Waals surface area contributed by atoms with Gasteiger partial charge in [0.1, 0.15) is 6.04 Å². The molecular weight excluding hydrogens is 395 g/mol. The molecule has 3 atom stereocenters. The minimum absolute atomic E-state index is 0.0738. The van der Waals surface area contributed by atoms with Crippen LogP contribution in [0.4, 0.5) is 13.2 Å². The Morgan fingerprint density at radius 3 is 2.46 bits per heavy atom. The van der Waals surface area contributed by atoms with E-state index in [9.17, 15) is 26.4 Å². The molecule has 10 heteroatoms. The predicted octanol–water partition coefficient (Wildman–Crippen LogP) is 1.92. The van der Waals surface area contributed by atoms with Crippen molar-refractivity contribution in [3.8, 4) is 0 Å². The van der Waals surface area contributed by atoms with Crippen molar-refractivity contribution >= 4 is 26.5 Å². The van der Waals surface area contributed by atoms with E-state index in [-0.39, 0.29) is 4.90 Å². The van der Waals surface area contributed by atoms with Crippen LogP contribution in [-0.2, 0) is 14.6 Å². The van der Waals surface area contributed by atoms with Gasteiger partial charge in [-0.05, 0) is 29.8 Å². The maximum atomic E-state index is 13.0. The molecule has 28 heavy (non-hydrogen) atoms. The van der Waals surface area contributed by atoms with Crippen LogP contribution in [0.5, 0.6) is 0 Å². The van der Waals surface area contributed by atoms with E-state index < -0.39 is 52.2 Å². The third-order valence-corrected chi connectivity index (χ3v) is 6.44. The molecule has 3 N–H and O–H groups in total. The van der Waals surface area contributed by atoms with E-state index in [0.717, 1.165) is 10.8 Å². The van der Waals surface area contributed by atoms with Crippen LogP contribution in [0.3, 0.4) is 0 Å². The molecule has 2 aromatic carbocycles. The summed E-state index contributed by atoms with van der Waals surface area (Å²) in [4.78, 5) is 12.2. The molecule has 1 heterocycles. The normalized spacial score (nSPS) is 23.1. The second kappa shape index (κ2) is 7.69. The van der Waals surface area contributed by atoms with Crippen molar-refractivity contribution in [2.45, 2.75) is 42.5 Å². The summed E-state index contributed by atoms with van der Waals surface area (Å²) in [5.74, 6) is -1.24. The molecule has 0 radical (unpaired) electrons. The fourth-order valence-corrected chi connectivity index (χ4v) is 4.42. The van der Waals surface area contributed by atoms with Gasteiger partial charge in [0.2, 0.25) is 5.91 Å². The van der Waals surface area contributed by atoms with E-state index in [2.05, 4.69) is 16.2 Å². The summed E-state index contributed by atoms with van der Waals surface area (Å²) >= 11 is 0. The minimum Gasteiger partial charge on any atom is -0.350 e. The number of hydrogen-bond donors (Lipinski definition) is 3. The lowest BCUT2D eigenvalue weighted by atomic mass is 10.0. The largest absolute Gasteiger partial charge is 0.407 e. The van der Waals surface area contributed by atoms with Crippen LogP contribution in [0, 0.1) is 0 Å². The highest BCUT2D eigenvalue weighted by atomic mass is 32.2. The Morgan fingerprint density at radius 1 is 1.11 bits per heavy atom. The number of carbonyl (C=O) groups is 1. The summed E-state index contributed by atoms with van der Waals surface area (Å²) in [6, 6.07) is 8.08. The molecule has 0 spiro atoms. The first-order valence-corrected chi connectivity index (χ1v) is 10.3. The number of alkyl halides is 3. The van der Waals surface area contributed by atoms with Crippen molar-refractivity contribution in [3.63, 3.8) is 0 Å². The van der Waals surface area contributed by atoms with Gasteiger partial charge in [-0.25, -0.2) is 13.8 Å². The van der Waals surface area contributed by atoms with Gasteiger partial charge < -0.3 is 5.32 Å². The molecule has 1 saturated heterocycles. The van der Waals surface area contributed by atoms with Gasteiger partial charge in [0.05, 0.1) is 16.7 Å². The smallest absolute Gasteiger partial charge is 0.350 e. The third kappa shape index (κ3) is 4.45. The van der Waals surface area contributed by atoms with E-state index in [1.807, 2.05) is 12.1 Å². The van der Waals surface area contributed by atoms with Crippen molar-refractivity contribution < 1.29 is 26.4 Å². The highest BCUT2D eigenvalue weighted by Gasteiger charge is 2.50. The Hall–Kier alpha value is -2.17. The molecule has 6 nitrogen and oxygen atoms in total. The van der Waals surface area contributed by atoms with Crippen LogP contribution >= 0.6 is 0 Å². The summed E-state index contributed by atoms with van der Waals surface area (Å²) in [7, 11) is -3.75. The predicted molar refractivity (Wildman–Crippen MR) is 98.1 cm³/mol. The Labute approximate surface area is 160 Å². The standard InChI is InChI=1S/C18H20F3N3O3S/c1-11-16(17(24-23-11)18(19,20)21)22-15(25)8-9-28(26,27)14-7-6-12-4-2-3-5-13(12)10-14/h2-7,10-11,16-17,23-24H,8-9H2,1H3,(H,22,25). The highest BCUT2D eigenvalue weighted by Crippen LogP contribution is 2.26. The van der Waals surface area contributed by atoms with Gasteiger partial charge in [-0.15, -0.1) is 0 Å². The van der Waals surface area contributed by atoms with Gasteiger partial charge in [-0.1, -0.05) is 30.3 Å². The number of hydrazine groups is 1. The van der Waals surface area contributed by atoms with Crippen LogP contribution < -0.4 is 16.2 Å². The number of rotatable bonds is 5. The Kier molecular flexibility index (Phi) is 5.64. The molecule has 3 unspecified atom stereocenters. The quantitative estimate of drug-likeness (QED) is 0.695. The zero-order valence-electron chi connectivity index (χ0n) is 15.0. The third-order valence-electron chi connectivity index (χ3n) is 4.72. The Balaban J connectivity index is 1.65. The molecule has 0 aromatic heterocycles. The van der Waals surface area contributed by atoms with Crippen molar-refractivity contribution in [2.75, 3.05) is 5.75 Å². The summed E-state index contributed by atoms with van der Waals surface area (Å²) in [6.45, 7) is 1.50. The fraction of sp³-hybridized carbons (Fsp3) is 0.389. The van der Waals surface area contributed by atoms with E-state index >= 15 is 0 Å². The number of amides is 1. The van der Waals surface area contributed by atoms with Crippen molar-refractivity contribution in [1.29, 1.82) is 0 Å². The van der Waals surface area contributed by atoms with Crippen LogP contribution in [-0.4, -0.2) is 44.4 Å². The van der Waals surface area contributed by atoms with Gasteiger partial charge in [0.15, 0.2) is 9.84 Å². The molecule has 1 aliphatic heterocycles. The van der Waals surface area contributed by atoms with Crippen LogP contribution in [0.2, 0.25) is 0 Å². The van der Waals surface area contributed by atoms with E-state index in [0.29, 0.717) is 0 Å². The second-order valence-corrected chi connectivity index (χ2v) is 8.88. The molecule has 3 rings (SSSR count). The number of nitrogens with one attached hydrogen (secondary N) is 3. The van der Waals surface area contributed by atoms with E-state index in [4.69, 9.17) is 0 Å². The number of benzene rings is 2. The molecule has 152 valence electrons. The number of halogens is 3. The van der Waals surface area contributed by atoms with E-state index in [1.165, 1.54) is 19.1 Å². The summed E-state index contributed by atoms with van der Waals surface area (Å²) < 4.78 is 64.1. The Morgan fingerprint density at radius 2 is 1.79 bits per heavy atom. The lowest BCUT2D eigenvalue weighted by molar-refractivity contribution is -0.158. The number of fused-ring (bicyclic) bond motifs is 1. The maximum absolute atomic E-state index is 13.0. The molecular formula is C18H20F3N3O3S. The van der Waals surface area contributed by atoms with Crippen LogP contribution in [0.15, 0.2) is 47.4 Å². The lowest BCUT2D eigenvalue weighted by Crippen LogP contribution is -2.53. The van der Waals surface area contributed by atoms with E-state index in [1.54, 1.807) is 18.2 Å². The zero-order valence-corrected chi connectivity index (χ0v) is 15.8. The van der Waals surface area contributed by atoms with Gasteiger partial charge in [-0.2, -0.15) is 13.2 Å². The molecule has 0 saturated carbocycles. The first-order valence-electron chi connectivity index (χ1n) is 8.66. The zero-order chi connectivity index (χ0) is 20.5. The molecule has 1 aliphatic rings. The topological polar surface area (TPSA) is 87.3 Å². The monoisotopic (exact) mass is 415 g/mol. The second-order valence-electron chi connectivity index (χ2n) is 6.77. The molecule has 2 aromatic rings. The number of hydrogen-bond acceptors (Lipinski definition) is 5. The summed E-state index contributed by atoms with van der Waals surface area (Å²) in [6.07, 6.45) is -4.98. The Bertz CT molecular complexity index is 979. The average Bonchev–Trinajstić information content (AvgIpc) is 3.00. The lowest BCUT2D eigenvalue weighted by Gasteiger charge is -2.24. The van der Waals surface area contributed by atoms with Gasteiger partial charge in [0, 0.05) is 12.5 Å². The molecule has 1 fully saturated rings.